The van der Waals surface area contributed by atoms with E-state index in [1.165, 1.54) is 0 Å². The number of hydrogen-bond acceptors (Lipinski definition) is 4. The second kappa shape index (κ2) is 22.4. The largest absolute Gasteiger partial charge is 2.00 e. The fourth-order valence-electron chi connectivity index (χ4n) is 0. The normalized spacial score (nSPS) is 4.36. The number of halogens is 1. The van der Waals surface area contributed by atoms with Gasteiger partial charge in [-0.05, 0) is 6.16 Å². The van der Waals surface area contributed by atoms with Crippen LogP contribution in [0.2, 0.25) is 0 Å². The molecule has 0 aliphatic carbocycles. The van der Waals surface area contributed by atoms with Gasteiger partial charge in [-0.25, -0.2) is 4.79 Å². The summed E-state index contributed by atoms with van der Waals surface area (Å²) in [6.45, 7) is 0. The molecule has 0 fully saturated rings. The Bertz CT molecular complexity index is 78.6. The van der Waals surface area contributed by atoms with Crippen LogP contribution in [0, 0.1) is 0 Å². The van der Waals surface area contributed by atoms with Gasteiger partial charge in [-0.3, -0.25) is 0 Å². The summed E-state index contributed by atoms with van der Waals surface area (Å²) >= 11 is 0. The molecule has 6 nitrogen and oxygen atoms in total. The van der Waals surface area contributed by atoms with Crippen molar-refractivity contribution in [1.82, 2.24) is 0 Å². The van der Waals surface area contributed by atoms with E-state index in [1.807, 2.05) is 0 Å². The van der Waals surface area contributed by atoms with Gasteiger partial charge >= 0.3 is 63.0 Å². The zero-order valence-corrected chi connectivity index (χ0v) is 12.4. The first kappa shape index (κ1) is 29.8. The molecule has 0 atom stereocenters. The van der Waals surface area contributed by atoms with Gasteiger partial charge in [0.2, 0.25) is 0 Å². The van der Waals surface area contributed by atoms with Gasteiger partial charge in [0.25, 0.3) is 0 Å². The smallest absolute Gasteiger partial charge is 1.00 e. The molecule has 0 amide bonds. The first-order valence-electron chi connectivity index (χ1n) is 1.26. The maximum absolute atomic E-state index is 8.56. The molecule has 0 aromatic carbocycles. The molecule has 0 saturated heterocycles. The second-order valence-electron chi connectivity index (χ2n) is 0.533. The van der Waals surface area contributed by atoms with Gasteiger partial charge in [0.1, 0.15) is 0 Å². The van der Waals surface area contributed by atoms with Gasteiger partial charge in [-0.1, -0.05) is 0 Å². The van der Waals surface area contributed by atoms with Crippen molar-refractivity contribution in [2.45, 2.75) is 0 Å². The molecule has 56 valence electrons. The van der Waals surface area contributed by atoms with Crippen LogP contribution in [-0.4, -0.2) is 22.5 Å². The number of carbonyl (C=O) groups excluding carboxylic acids is 1. The SMILES string of the molecule is O=C(O)O.O=C([O-])[O-].[Cd+2].[Cl-].[Na+]. The second-order valence-corrected chi connectivity index (χ2v) is 0.533. The van der Waals surface area contributed by atoms with Gasteiger partial charge in [-0.15, -0.1) is 0 Å². The molecule has 0 aliphatic rings. The van der Waals surface area contributed by atoms with Crippen LogP contribution in [0.25, 0.3) is 0 Å². The molecule has 0 aromatic heterocycles. The van der Waals surface area contributed by atoms with E-state index < -0.39 is 12.3 Å². The summed E-state index contributed by atoms with van der Waals surface area (Å²) in [6.07, 6.45) is -4.17. The Morgan fingerprint density at radius 1 is 1.09 bits per heavy atom. The van der Waals surface area contributed by atoms with Crippen LogP contribution in [0.4, 0.5) is 9.59 Å². The molecule has 0 bridgehead atoms. The summed E-state index contributed by atoms with van der Waals surface area (Å²) in [5.41, 5.74) is 0. The molecule has 0 unspecified atom stereocenters. The van der Waals surface area contributed by atoms with Crippen LogP contribution >= 0.6 is 0 Å². The maximum Gasteiger partial charge on any atom is 2.00 e. The molecule has 0 aromatic rings. The van der Waals surface area contributed by atoms with Crippen molar-refractivity contribution in [3.05, 3.63) is 0 Å². The van der Waals surface area contributed by atoms with Gasteiger partial charge in [0.05, 0.1) is 0 Å². The van der Waals surface area contributed by atoms with E-state index in [4.69, 9.17) is 30.0 Å². The third kappa shape index (κ3) is 1460. The first-order chi connectivity index (χ1) is 3.46. The van der Waals surface area contributed by atoms with Crippen LogP contribution < -0.4 is 52.2 Å². The van der Waals surface area contributed by atoms with E-state index in [0.29, 0.717) is 0 Å². The standard InChI is InChI=1S/2CH2O3.Cd.ClH.Na/c2*2-1(3)4;;;/h2*(H2,2,3,4);;1H;/q;;+2;;+1/p-3. The summed E-state index contributed by atoms with van der Waals surface area (Å²) in [6, 6.07) is 0. The molecule has 0 saturated carbocycles. The summed E-state index contributed by atoms with van der Waals surface area (Å²) in [5.74, 6) is 0. The monoisotopic (exact) mass is 294 g/mol. The zero-order chi connectivity index (χ0) is 7.15. The Morgan fingerprint density at radius 2 is 1.09 bits per heavy atom. The molecule has 0 heterocycles. The van der Waals surface area contributed by atoms with Gasteiger partial charge in [0.15, 0.2) is 0 Å². The van der Waals surface area contributed by atoms with Crippen molar-refractivity contribution in [3.63, 3.8) is 0 Å². The Morgan fingerprint density at radius 3 is 1.09 bits per heavy atom. The molecule has 9 heteroatoms. The van der Waals surface area contributed by atoms with Crippen molar-refractivity contribution in [2.75, 3.05) is 0 Å². The summed E-state index contributed by atoms with van der Waals surface area (Å²) < 4.78 is 0. The Labute approximate surface area is 110 Å². The third-order valence-electron chi connectivity index (χ3n) is 0. The maximum atomic E-state index is 8.56. The van der Waals surface area contributed by atoms with E-state index in [9.17, 15) is 0 Å². The fraction of sp³-hybridized carbons (Fsp3) is 0. The minimum Gasteiger partial charge on any atom is -1.00 e. The van der Waals surface area contributed by atoms with Gasteiger partial charge < -0.3 is 37.6 Å². The van der Waals surface area contributed by atoms with Crippen molar-refractivity contribution in [2.24, 2.45) is 0 Å². The van der Waals surface area contributed by atoms with Gasteiger partial charge in [-0.2, -0.15) is 0 Å². The molecule has 0 spiro atoms. The average Bonchev–Trinajstić information content (AvgIpc) is 1.25. The van der Waals surface area contributed by atoms with Crippen LogP contribution in [0.1, 0.15) is 0 Å². The number of carboxylic acid groups (broad SMARTS) is 4. The molecule has 11 heavy (non-hydrogen) atoms. The number of rotatable bonds is 0. The van der Waals surface area contributed by atoms with Crippen LogP contribution in [0.5, 0.6) is 0 Å². The van der Waals surface area contributed by atoms with Crippen molar-refractivity contribution in [1.29, 1.82) is 0 Å². The number of carbonyl (C=O) groups is 2. The summed E-state index contributed by atoms with van der Waals surface area (Å²) in [7, 11) is 0. The molecule has 0 rings (SSSR count). The van der Waals surface area contributed by atoms with Crippen molar-refractivity contribution < 1.29 is 99.3 Å². The van der Waals surface area contributed by atoms with E-state index >= 15 is 0 Å². The van der Waals surface area contributed by atoms with Crippen molar-refractivity contribution >= 4 is 12.3 Å². The van der Waals surface area contributed by atoms with Crippen LogP contribution in [0.3, 0.4) is 0 Å². The van der Waals surface area contributed by atoms with E-state index in [1.54, 1.807) is 0 Å². The summed E-state index contributed by atoms with van der Waals surface area (Å²) in [4.78, 5) is 16.9. The van der Waals surface area contributed by atoms with E-state index in [0.717, 1.165) is 0 Å². The predicted molar refractivity (Wildman–Crippen MR) is 16.0 cm³/mol. The predicted octanol–water partition coefficient (Wildman–Crippen LogP) is -8.22. The topological polar surface area (TPSA) is 121 Å². The first-order valence-corrected chi connectivity index (χ1v) is 1.26. The van der Waals surface area contributed by atoms with E-state index in [-0.39, 0.29) is 69.3 Å². The van der Waals surface area contributed by atoms with Crippen LogP contribution in [-0.2, 0) is 27.3 Å². The molecule has 2 N–H and O–H groups in total. The van der Waals surface area contributed by atoms with Crippen molar-refractivity contribution in [3.8, 4) is 0 Å². The third-order valence-corrected chi connectivity index (χ3v) is 0. The van der Waals surface area contributed by atoms with E-state index in [2.05, 4.69) is 0 Å². The Hall–Kier alpha value is 0.752. The fourth-order valence-corrected chi connectivity index (χ4v) is 0. The molecular formula is C2H2CdClNaO6. The minimum atomic E-state index is -2.33. The minimum absolute atomic E-state index is 0. The van der Waals surface area contributed by atoms with Gasteiger partial charge in [0, 0.05) is 0 Å². The molecular weight excluding hydrogens is 291 g/mol. The average molecular weight is 293 g/mol. The van der Waals surface area contributed by atoms with Crippen LogP contribution in [0.15, 0.2) is 0 Å². The quantitative estimate of drug-likeness (QED) is 0.428. The Kier molecular flexibility index (Phi) is 60.8. The Balaban J connectivity index is -0.0000000171. The molecule has 0 aliphatic heterocycles. The summed E-state index contributed by atoms with van der Waals surface area (Å²) in [5, 5.41) is 30.6. The molecule has 0 radical (unpaired) electrons. The number of hydrogen-bond donors (Lipinski definition) is 2. The zero-order valence-electron chi connectivity index (χ0n) is 5.61.